The number of benzene rings is 2. The third-order valence-corrected chi connectivity index (χ3v) is 5.36. The molecule has 0 atom stereocenters. The molecule has 140 valence electrons. The Morgan fingerprint density at radius 2 is 1.69 bits per heavy atom. The molecule has 0 saturated carbocycles. The Morgan fingerprint density at radius 1 is 1.08 bits per heavy atom. The molecule has 0 spiro atoms. The first-order chi connectivity index (χ1) is 12.3. The summed E-state index contributed by atoms with van der Waals surface area (Å²) in [5.74, 6) is 0.789. The van der Waals surface area contributed by atoms with E-state index in [2.05, 4.69) is 10.0 Å². The first kappa shape index (κ1) is 19.7. The third kappa shape index (κ3) is 4.33. The monoisotopic (exact) mass is 378 g/mol. The largest absolute Gasteiger partial charge is 0.496 e. The smallest absolute Gasteiger partial charge is 0.251 e. The summed E-state index contributed by atoms with van der Waals surface area (Å²) in [6, 6.07) is 9.65. The Labute approximate surface area is 153 Å². The van der Waals surface area contributed by atoms with Gasteiger partial charge in [-0.05, 0) is 43.8 Å². The van der Waals surface area contributed by atoms with Crippen LogP contribution in [0.4, 0.5) is 0 Å². The van der Waals surface area contributed by atoms with Gasteiger partial charge in [-0.2, -0.15) is 0 Å². The SMILES string of the molecule is CNS(=O)(=O)c1cccc(CNC(=O)c2cc(OC)c(C)c(OC)c2)c1. The number of hydrogen-bond acceptors (Lipinski definition) is 5. The average molecular weight is 378 g/mol. The zero-order valence-electron chi connectivity index (χ0n) is 15.1. The van der Waals surface area contributed by atoms with Gasteiger partial charge in [-0.3, -0.25) is 4.79 Å². The van der Waals surface area contributed by atoms with E-state index in [-0.39, 0.29) is 17.3 Å². The number of nitrogens with one attached hydrogen (secondary N) is 2. The normalized spacial score (nSPS) is 11.1. The van der Waals surface area contributed by atoms with Crippen molar-refractivity contribution in [2.75, 3.05) is 21.3 Å². The average Bonchev–Trinajstić information content (AvgIpc) is 2.66. The van der Waals surface area contributed by atoms with Crippen LogP contribution in [0.3, 0.4) is 0 Å². The van der Waals surface area contributed by atoms with Crippen molar-refractivity contribution in [3.63, 3.8) is 0 Å². The molecule has 0 aliphatic carbocycles. The molecule has 1 amide bonds. The number of sulfonamides is 1. The number of methoxy groups -OCH3 is 2. The molecule has 0 radical (unpaired) electrons. The zero-order valence-corrected chi connectivity index (χ0v) is 15.9. The van der Waals surface area contributed by atoms with E-state index >= 15 is 0 Å². The van der Waals surface area contributed by atoms with Crippen LogP contribution in [0.15, 0.2) is 41.3 Å². The van der Waals surface area contributed by atoms with Crippen molar-refractivity contribution in [2.45, 2.75) is 18.4 Å². The minimum Gasteiger partial charge on any atom is -0.496 e. The standard InChI is InChI=1S/C18H22N2O5S/c1-12-16(24-3)9-14(10-17(12)25-4)18(21)20-11-13-6-5-7-15(8-13)26(22,23)19-2/h5-10,19H,11H2,1-4H3,(H,20,21). The molecule has 7 nitrogen and oxygen atoms in total. The Morgan fingerprint density at radius 3 is 2.23 bits per heavy atom. The summed E-state index contributed by atoms with van der Waals surface area (Å²) in [5, 5.41) is 2.77. The lowest BCUT2D eigenvalue weighted by Crippen LogP contribution is -2.23. The van der Waals surface area contributed by atoms with E-state index in [1.165, 1.54) is 33.4 Å². The summed E-state index contributed by atoms with van der Waals surface area (Å²) in [6.07, 6.45) is 0. The van der Waals surface area contributed by atoms with Gasteiger partial charge in [0.25, 0.3) is 5.91 Å². The van der Waals surface area contributed by atoms with Crippen molar-refractivity contribution in [3.8, 4) is 11.5 Å². The van der Waals surface area contributed by atoms with Crippen LogP contribution in [0.1, 0.15) is 21.5 Å². The lowest BCUT2D eigenvalue weighted by molar-refractivity contribution is 0.0950. The highest BCUT2D eigenvalue weighted by Crippen LogP contribution is 2.29. The highest BCUT2D eigenvalue weighted by Gasteiger charge is 2.15. The van der Waals surface area contributed by atoms with Crippen LogP contribution in [0.25, 0.3) is 0 Å². The van der Waals surface area contributed by atoms with Gasteiger partial charge in [0.05, 0.1) is 19.1 Å². The Hall–Kier alpha value is -2.58. The maximum Gasteiger partial charge on any atom is 0.251 e. The van der Waals surface area contributed by atoms with E-state index in [0.717, 1.165) is 5.56 Å². The summed E-state index contributed by atoms with van der Waals surface area (Å²) < 4.78 is 36.5. The van der Waals surface area contributed by atoms with Gasteiger partial charge in [-0.1, -0.05) is 12.1 Å². The van der Waals surface area contributed by atoms with Crippen molar-refractivity contribution in [1.29, 1.82) is 0 Å². The van der Waals surface area contributed by atoms with Gasteiger partial charge < -0.3 is 14.8 Å². The van der Waals surface area contributed by atoms with E-state index < -0.39 is 10.0 Å². The highest BCUT2D eigenvalue weighted by molar-refractivity contribution is 7.89. The van der Waals surface area contributed by atoms with E-state index in [0.29, 0.717) is 22.6 Å². The van der Waals surface area contributed by atoms with Gasteiger partial charge >= 0.3 is 0 Å². The first-order valence-corrected chi connectivity index (χ1v) is 9.34. The maximum atomic E-state index is 12.5. The van der Waals surface area contributed by atoms with Crippen LogP contribution in [0.5, 0.6) is 11.5 Å². The number of hydrogen-bond donors (Lipinski definition) is 2. The molecule has 0 aliphatic heterocycles. The number of carbonyl (C=O) groups is 1. The maximum absolute atomic E-state index is 12.5. The second-order valence-electron chi connectivity index (χ2n) is 5.54. The summed E-state index contributed by atoms with van der Waals surface area (Å²) in [7, 11) is 0.869. The Kier molecular flexibility index (Phi) is 6.23. The fraction of sp³-hybridized carbons (Fsp3) is 0.278. The molecule has 8 heteroatoms. The molecule has 2 aromatic carbocycles. The molecule has 2 aromatic rings. The van der Waals surface area contributed by atoms with Gasteiger partial charge in [-0.15, -0.1) is 0 Å². The van der Waals surface area contributed by atoms with Gasteiger partial charge in [0.2, 0.25) is 10.0 Å². The summed E-state index contributed by atoms with van der Waals surface area (Å²) in [5.41, 5.74) is 1.86. The van der Waals surface area contributed by atoms with Crippen LogP contribution in [0, 0.1) is 6.92 Å². The van der Waals surface area contributed by atoms with Crippen molar-refractivity contribution in [1.82, 2.24) is 10.0 Å². The second kappa shape index (κ2) is 8.20. The van der Waals surface area contributed by atoms with Gasteiger partial charge in [0.15, 0.2) is 0 Å². The third-order valence-electron chi connectivity index (χ3n) is 3.94. The molecule has 0 unspecified atom stereocenters. The molecule has 0 heterocycles. The Balaban J connectivity index is 2.18. The number of rotatable bonds is 7. The lowest BCUT2D eigenvalue weighted by Gasteiger charge is -2.13. The molecule has 2 rings (SSSR count). The van der Waals surface area contributed by atoms with Crippen molar-refractivity contribution in [3.05, 3.63) is 53.1 Å². The van der Waals surface area contributed by atoms with Gasteiger partial charge in [0.1, 0.15) is 11.5 Å². The molecule has 26 heavy (non-hydrogen) atoms. The minimum atomic E-state index is -3.53. The molecular weight excluding hydrogens is 356 g/mol. The fourth-order valence-electron chi connectivity index (χ4n) is 2.44. The van der Waals surface area contributed by atoms with Crippen molar-refractivity contribution < 1.29 is 22.7 Å². The van der Waals surface area contributed by atoms with E-state index in [4.69, 9.17) is 9.47 Å². The molecule has 0 bridgehead atoms. The molecule has 0 fully saturated rings. The summed E-state index contributed by atoms with van der Waals surface area (Å²) >= 11 is 0. The fourth-order valence-corrected chi connectivity index (χ4v) is 3.24. The van der Waals surface area contributed by atoms with E-state index in [1.807, 2.05) is 6.92 Å². The predicted octanol–water partition coefficient (Wildman–Crippen LogP) is 1.85. The minimum absolute atomic E-state index is 0.144. The molecule has 0 saturated heterocycles. The quantitative estimate of drug-likeness (QED) is 0.767. The summed E-state index contributed by atoms with van der Waals surface area (Å²) in [6.45, 7) is 2.03. The van der Waals surface area contributed by atoms with E-state index in [1.54, 1.807) is 24.3 Å². The van der Waals surface area contributed by atoms with Gasteiger partial charge in [-0.25, -0.2) is 13.1 Å². The zero-order chi connectivity index (χ0) is 19.3. The number of carbonyl (C=O) groups excluding carboxylic acids is 1. The van der Waals surface area contributed by atoms with Crippen LogP contribution in [0.2, 0.25) is 0 Å². The number of amides is 1. The predicted molar refractivity (Wildman–Crippen MR) is 98.1 cm³/mol. The van der Waals surface area contributed by atoms with Crippen molar-refractivity contribution >= 4 is 15.9 Å². The topological polar surface area (TPSA) is 93.7 Å². The molecule has 0 aromatic heterocycles. The molecular formula is C18H22N2O5S. The summed E-state index contributed by atoms with van der Waals surface area (Å²) in [4.78, 5) is 12.6. The van der Waals surface area contributed by atoms with Crippen LogP contribution in [-0.2, 0) is 16.6 Å². The Bertz CT molecular complexity index is 885. The lowest BCUT2D eigenvalue weighted by atomic mass is 10.1. The van der Waals surface area contributed by atoms with Crippen molar-refractivity contribution in [2.24, 2.45) is 0 Å². The molecule has 2 N–H and O–H groups in total. The number of ether oxygens (including phenoxy) is 2. The molecule has 0 aliphatic rings. The highest BCUT2D eigenvalue weighted by atomic mass is 32.2. The van der Waals surface area contributed by atoms with Gasteiger partial charge in [0, 0.05) is 17.7 Å². The van der Waals surface area contributed by atoms with Crippen LogP contribution < -0.4 is 19.5 Å². The van der Waals surface area contributed by atoms with Crippen LogP contribution in [-0.4, -0.2) is 35.6 Å². The van der Waals surface area contributed by atoms with Crippen LogP contribution >= 0.6 is 0 Å². The second-order valence-corrected chi connectivity index (χ2v) is 7.43. The first-order valence-electron chi connectivity index (χ1n) is 7.85. The van der Waals surface area contributed by atoms with E-state index in [9.17, 15) is 13.2 Å².